The zero-order chi connectivity index (χ0) is 11.3. The number of ether oxygens (including phenoxy) is 1. The number of carbonyl (C=O) groups excluding carboxylic acids is 1. The summed E-state index contributed by atoms with van der Waals surface area (Å²) in [6.07, 6.45) is 0.728. The van der Waals surface area contributed by atoms with Crippen molar-refractivity contribution in [1.29, 1.82) is 0 Å². The molecule has 0 amide bonds. The zero-order valence-corrected chi connectivity index (χ0v) is 8.27. The summed E-state index contributed by atoms with van der Waals surface area (Å²) in [7, 11) is 0. The first-order chi connectivity index (χ1) is 7.19. The van der Waals surface area contributed by atoms with Crippen LogP contribution in [0.3, 0.4) is 0 Å². The van der Waals surface area contributed by atoms with Crippen LogP contribution in [-0.4, -0.2) is 17.7 Å². The third-order valence-electron chi connectivity index (χ3n) is 1.75. The van der Waals surface area contributed by atoms with E-state index in [1.165, 1.54) is 12.1 Å². The van der Waals surface area contributed by atoms with Crippen LogP contribution < -0.4 is 0 Å². The van der Waals surface area contributed by atoms with E-state index in [0.29, 0.717) is 6.61 Å². The number of phenolic OH excluding ortho intramolecular Hbond substituents is 1. The van der Waals surface area contributed by atoms with Crippen LogP contribution in [0, 0.1) is 4.91 Å². The van der Waals surface area contributed by atoms with Crippen molar-refractivity contribution in [3.63, 3.8) is 0 Å². The number of esters is 1. The van der Waals surface area contributed by atoms with Crippen LogP contribution in [0.1, 0.15) is 23.7 Å². The molecule has 80 valence electrons. The molecule has 0 saturated heterocycles. The maximum absolute atomic E-state index is 11.3. The molecule has 1 aromatic rings. The molecular weight excluding hydrogens is 198 g/mol. The van der Waals surface area contributed by atoms with Crippen molar-refractivity contribution in [2.45, 2.75) is 13.3 Å². The molecule has 0 unspecified atom stereocenters. The Bertz CT molecular complexity index is 376. The van der Waals surface area contributed by atoms with E-state index in [2.05, 4.69) is 5.18 Å². The first kappa shape index (κ1) is 11.2. The van der Waals surface area contributed by atoms with Crippen LogP contribution in [0.5, 0.6) is 5.75 Å². The quantitative estimate of drug-likeness (QED) is 0.610. The van der Waals surface area contributed by atoms with E-state index in [-0.39, 0.29) is 17.0 Å². The third kappa shape index (κ3) is 2.77. The summed E-state index contributed by atoms with van der Waals surface area (Å²) in [4.78, 5) is 21.5. The molecule has 0 aliphatic carbocycles. The van der Waals surface area contributed by atoms with E-state index >= 15 is 0 Å². The van der Waals surface area contributed by atoms with Gasteiger partial charge in [0.25, 0.3) is 0 Å². The minimum absolute atomic E-state index is 0.0953. The summed E-state index contributed by atoms with van der Waals surface area (Å²) in [5, 5.41) is 11.8. The highest BCUT2D eigenvalue weighted by atomic mass is 16.5. The van der Waals surface area contributed by atoms with Crippen molar-refractivity contribution < 1.29 is 14.6 Å². The van der Waals surface area contributed by atoms with Crippen molar-refractivity contribution in [2.24, 2.45) is 5.18 Å². The molecule has 5 heteroatoms. The smallest absolute Gasteiger partial charge is 0.338 e. The number of phenols is 1. The van der Waals surface area contributed by atoms with Gasteiger partial charge < -0.3 is 9.84 Å². The molecule has 1 rings (SSSR count). The zero-order valence-electron chi connectivity index (χ0n) is 8.27. The number of nitrogens with zero attached hydrogens (tertiary/aromatic N) is 1. The highest BCUT2D eigenvalue weighted by Crippen LogP contribution is 2.26. The highest BCUT2D eigenvalue weighted by Gasteiger charge is 2.10. The van der Waals surface area contributed by atoms with E-state index in [4.69, 9.17) is 4.74 Å². The summed E-state index contributed by atoms with van der Waals surface area (Å²) in [6.45, 7) is 2.21. The second-order valence-electron chi connectivity index (χ2n) is 2.93. The van der Waals surface area contributed by atoms with Crippen LogP contribution >= 0.6 is 0 Å². The Kier molecular flexibility index (Phi) is 3.79. The van der Waals surface area contributed by atoms with Crippen molar-refractivity contribution in [1.82, 2.24) is 0 Å². The number of carbonyl (C=O) groups is 1. The monoisotopic (exact) mass is 209 g/mol. The van der Waals surface area contributed by atoms with Crippen molar-refractivity contribution in [2.75, 3.05) is 6.61 Å². The largest absolute Gasteiger partial charge is 0.506 e. The van der Waals surface area contributed by atoms with Gasteiger partial charge in [-0.25, -0.2) is 4.79 Å². The van der Waals surface area contributed by atoms with Crippen molar-refractivity contribution in [3.8, 4) is 5.75 Å². The van der Waals surface area contributed by atoms with E-state index in [0.717, 1.165) is 12.5 Å². The van der Waals surface area contributed by atoms with Gasteiger partial charge in [0, 0.05) is 0 Å². The van der Waals surface area contributed by atoms with Crippen LogP contribution in [0.2, 0.25) is 0 Å². The van der Waals surface area contributed by atoms with Gasteiger partial charge in [-0.3, -0.25) is 0 Å². The average molecular weight is 209 g/mol. The molecule has 0 aliphatic rings. The molecule has 0 radical (unpaired) electrons. The van der Waals surface area contributed by atoms with Gasteiger partial charge in [-0.1, -0.05) is 6.92 Å². The Balaban J connectivity index is 2.82. The van der Waals surface area contributed by atoms with E-state index in [1.54, 1.807) is 0 Å². The molecule has 0 fully saturated rings. The molecule has 0 saturated carbocycles. The molecule has 5 nitrogen and oxygen atoms in total. The summed E-state index contributed by atoms with van der Waals surface area (Å²) >= 11 is 0. The summed E-state index contributed by atoms with van der Waals surface area (Å²) in [5.41, 5.74) is 0.107. The van der Waals surface area contributed by atoms with Crippen molar-refractivity contribution >= 4 is 11.7 Å². The first-order valence-corrected chi connectivity index (χ1v) is 4.52. The number of hydrogen-bond acceptors (Lipinski definition) is 5. The lowest BCUT2D eigenvalue weighted by molar-refractivity contribution is 0.0504. The third-order valence-corrected chi connectivity index (χ3v) is 1.75. The van der Waals surface area contributed by atoms with Crippen LogP contribution in [-0.2, 0) is 4.74 Å². The fourth-order valence-corrected chi connectivity index (χ4v) is 1.01. The maximum atomic E-state index is 11.3. The Morgan fingerprint density at radius 2 is 2.27 bits per heavy atom. The van der Waals surface area contributed by atoms with E-state index in [1.807, 2.05) is 6.92 Å². The molecule has 1 aromatic carbocycles. The van der Waals surface area contributed by atoms with Gasteiger partial charge in [0.05, 0.1) is 12.2 Å². The molecule has 0 bridgehead atoms. The Morgan fingerprint density at radius 3 is 2.80 bits per heavy atom. The molecule has 0 atom stereocenters. The number of benzene rings is 1. The SMILES string of the molecule is CCCOC(=O)c1ccc(N=O)c(O)c1. The Labute approximate surface area is 86.7 Å². The van der Waals surface area contributed by atoms with Gasteiger partial charge in [-0.15, -0.1) is 4.91 Å². The maximum Gasteiger partial charge on any atom is 0.338 e. The minimum atomic E-state index is -0.524. The Hall–Kier alpha value is -1.91. The summed E-state index contributed by atoms with van der Waals surface area (Å²) in [6, 6.07) is 3.81. The van der Waals surface area contributed by atoms with Gasteiger partial charge in [-0.2, -0.15) is 0 Å². The van der Waals surface area contributed by atoms with Gasteiger partial charge in [0.15, 0.2) is 0 Å². The fraction of sp³-hybridized carbons (Fsp3) is 0.300. The van der Waals surface area contributed by atoms with E-state index in [9.17, 15) is 14.8 Å². The molecular formula is C10H11NO4. The molecule has 1 N–H and O–H groups in total. The normalized spacial score (nSPS) is 9.67. The van der Waals surface area contributed by atoms with Crippen LogP contribution in [0.15, 0.2) is 23.4 Å². The lowest BCUT2D eigenvalue weighted by Crippen LogP contribution is -2.05. The number of hydrogen-bond donors (Lipinski definition) is 1. The van der Waals surface area contributed by atoms with Gasteiger partial charge in [-0.05, 0) is 29.8 Å². The number of nitroso groups, excluding NO2 is 1. The lowest BCUT2D eigenvalue weighted by Gasteiger charge is -2.03. The molecule has 0 spiro atoms. The van der Waals surface area contributed by atoms with Gasteiger partial charge in [0.1, 0.15) is 11.4 Å². The van der Waals surface area contributed by atoms with Crippen LogP contribution in [0.4, 0.5) is 5.69 Å². The van der Waals surface area contributed by atoms with Crippen LogP contribution in [0.25, 0.3) is 0 Å². The second kappa shape index (κ2) is 5.09. The number of rotatable bonds is 4. The predicted molar refractivity (Wildman–Crippen MR) is 54.1 cm³/mol. The Morgan fingerprint density at radius 1 is 1.53 bits per heavy atom. The van der Waals surface area contributed by atoms with E-state index < -0.39 is 5.97 Å². The molecule has 0 aliphatic heterocycles. The van der Waals surface area contributed by atoms with Crippen molar-refractivity contribution in [3.05, 3.63) is 28.7 Å². The summed E-state index contributed by atoms with van der Waals surface area (Å²) in [5.74, 6) is -0.847. The second-order valence-corrected chi connectivity index (χ2v) is 2.93. The first-order valence-electron chi connectivity index (χ1n) is 4.52. The predicted octanol–water partition coefficient (Wildman–Crippen LogP) is 2.36. The highest BCUT2D eigenvalue weighted by molar-refractivity contribution is 5.90. The minimum Gasteiger partial charge on any atom is -0.506 e. The van der Waals surface area contributed by atoms with Gasteiger partial charge in [0.2, 0.25) is 0 Å². The number of aromatic hydroxyl groups is 1. The average Bonchev–Trinajstić information content (AvgIpc) is 2.25. The standard InChI is InChI=1S/C10H11NO4/c1-2-5-15-10(13)7-3-4-8(11-14)9(12)6-7/h3-4,6,12H,2,5H2,1H3. The fourth-order valence-electron chi connectivity index (χ4n) is 1.01. The molecule has 15 heavy (non-hydrogen) atoms. The summed E-state index contributed by atoms with van der Waals surface area (Å²) < 4.78 is 4.85. The topological polar surface area (TPSA) is 76.0 Å². The molecule has 0 heterocycles. The lowest BCUT2D eigenvalue weighted by atomic mass is 10.2. The molecule has 0 aromatic heterocycles. The van der Waals surface area contributed by atoms with Gasteiger partial charge >= 0.3 is 5.97 Å².